The molecular weight excluding hydrogens is 245 g/mol. The molecular formula is C12H21F3N2O. The van der Waals surface area contributed by atoms with Gasteiger partial charge in [0.1, 0.15) is 0 Å². The van der Waals surface area contributed by atoms with Crippen LogP contribution in [0.2, 0.25) is 0 Å². The maximum Gasteiger partial charge on any atom is 0.391 e. The Bertz CT molecular complexity index is 289. The summed E-state index contributed by atoms with van der Waals surface area (Å²) < 4.78 is 37.4. The zero-order valence-corrected chi connectivity index (χ0v) is 10.8. The Hall–Kier alpha value is -0.780. The van der Waals surface area contributed by atoms with Crippen LogP contribution in [0.1, 0.15) is 39.5 Å². The molecule has 6 heteroatoms. The number of carbonyl (C=O) groups is 1. The lowest BCUT2D eigenvalue weighted by molar-refractivity contribution is -0.184. The highest BCUT2D eigenvalue weighted by molar-refractivity contribution is 5.78. The van der Waals surface area contributed by atoms with Gasteiger partial charge in [-0.05, 0) is 39.5 Å². The van der Waals surface area contributed by atoms with E-state index in [0.717, 1.165) is 0 Å². The fraction of sp³-hybridized carbons (Fsp3) is 0.917. The van der Waals surface area contributed by atoms with Crippen molar-refractivity contribution in [1.82, 2.24) is 5.32 Å². The normalized spacial score (nSPS) is 25.9. The van der Waals surface area contributed by atoms with Gasteiger partial charge in [0.25, 0.3) is 0 Å². The van der Waals surface area contributed by atoms with Crippen molar-refractivity contribution < 1.29 is 18.0 Å². The quantitative estimate of drug-likeness (QED) is 0.823. The summed E-state index contributed by atoms with van der Waals surface area (Å²) in [4.78, 5) is 11.8. The van der Waals surface area contributed by atoms with Crippen molar-refractivity contribution in [2.75, 3.05) is 6.54 Å². The predicted molar refractivity (Wildman–Crippen MR) is 62.8 cm³/mol. The highest BCUT2D eigenvalue weighted by Crippen LogP contribution is 2.39. The van der Waals surface area contributed by atoms with Crippen molar-refractivity contribution in [3.05, 3.63) is 0 Å². The highest BCUT2D eigenvalue weighted by atomic mass is 19.4. The standard InChI is InChI=1S/C12H21F3N2O/c1-11(2,16)7-17-10(18)8-3-5-9(6-4-8)12(13,14)15/h8-9H,3-7,16H2,1-2H3,(H,17,18). The number of nitrogens with two attached hydrogens (primary N) is 1. The van der Waals surface area contributed by atoms with Gasteiger partial charge >= 0.3 is 6.18 Å². The lowest BCUT2D eigenvalue weighted by Crippen LogP contribution is -2.47. The first-order valence-corrected chi connectivity index (χ1v) is 6.23. The van der Waals surface area contributed by atoms with E-state index in [-0.39, 0.29) is 24.7 Å². The second-order valence-corrected chi connectivity index (χ2v) is 5.80. The smallest absolute Gasteiger partial charge is 0.354 e. The first-order valence-electron chi connectivity index (χ1n) is 6.23. The fourth-order valence-electron chi connectivity index (χ4n) is 2.14. The summed E-state index contributed by atoms with van der Waals surface area (Å²) in [5.74, 6) is -1.72. The third-order valence-electron chi connectivity index (χ3n) is 3.28. The molecule has 3 N–H and O–H groups in total. The zero-order valence-electron chi connectivity index (χ0n) is 10.8. The summed E-state index contributed by atoms with van der Waals surface area (Å²) in [5, 5.41) is 2.70. The molecule has 1 aliphatic carbocycles. The molecule has 0 aromatic carbocycles. The molecule has 106 valence electrons. The van der Waals surface area contributed by atoms with E-state index in [1.807, 2.05) is 0 Å². The van der Waals surface area contributed by atoms with Gasteiger partial charge in [-0.2, -0.15) is 13.2 Å². The van der Waals surface area contributed by atoms with E-state index < -0.39 is 17.6 Å². The average Bonchev–Trinajstić information content (AvgIpc) is 2.24. The molecule has 0 aliphatic heterocycles. The lowest BCUT2D eigenvalue weighted by Gasteiger charge is -2.30. The van der Waals surface area contributed by atoms with E-state index >= 15 is 0 Å². The van der Waals surface area contributed by atoms with Crippen LogP contribution in [-0.2, 0) is 4.79 Å². The molecule has 0 radical (unpaired) electrons. The Balaban J connectivity index is 2.37. The van der Waals surface area contributed by atoms with E-state index in [1.165, 1.54) is 0 Å². The molecule has 3 nitrogen and oxygen atoms in total. The lowest BCUT2D eigenvalue weighted by atomic mass is 9.81. The van der Waals surface area contributed by atoms with Crippen molar-refractivity contribution in [2.24, 2.45) is 17.6 Å². The third-order valence-corrected chi connectivity index (χ3v) is 3.28. The van der Waals surface area contributed by atoms with E-state index in [2.05, 4.69) is 5.32 Å². The van der Waals surface area contributed by atoms with Crippen LogP contribution in [0.15, 0.2) is 0 Å². The highest BCUT2D eigenvalue weighted by Gasteiger charge is 2.42. The molecule has 0 unspecified atom stereocenters. The van der Waals surface area contributed by atoms with Crippen LogP contribution in [0.4, 0.5) is 13.2 Å². The van der Waals surface area contributed by atoms with Crippen molar-refractivity contribution in [1.29, 1.82) is 0 Å². The number of alkyl halides is 3. The Morgan fingerprint density at radius 3 is 2.11 bits per heavy atom. The van der Waals surface area contributed by atoms with Gasteiger partial charge in [-0.15, -0.1) is 0 Å². The molecule has 1 amide bonds. The van der Waals surface area contributed by atoms with Crippen LogP contribution < -0.4 is 11.1 Å². The first kappa shape index (κ1) is 15.3. The van der Waals surface area contributed by atoms with Gasteiger partial charge in [0.15, 0.2) is 0 Å². The summed E-state index contributed by atoms with van der Waals surface area (Å²) in [6, 6.07) is 0. The topological polar surface area (TPSA) is 55.1 Å². The third kappa shape index (κ3) is 4.84. The second kappa shape index (κ2) is 5.47. The summed E-state index contributed by atoms with van der Waals surface area (Å²) in [6.45, 7) is 3.91. The Morgan fingerprint density at radius 1 is 1.22 bits per heavy atom. The molecule has 0 aromatic heterocycles. The van der Waals surface area contributed by atoms with Gasteiger partial charge < -0.3 is 11.1 Å². The van der Waals surface area contributed by atoms with Crippen LogP contribution in [0, 0.1) is 11.8 Å². The van der Waals surface area contributed by atoms with E-state index in [4.69, 9.17) is 5.73 Å². The Morgan fingerprint density at radius 2 is 1.72 bits per heavy atom. The molecule has 0 bridgehead atoms. The monoisotopic (exact) mass is 266 g/mol. The number of amides is 1. The number of hydrogen-bond acceptors (Lipinski definition) is 2. The summed E-state index contributed by atoms with van der Waals surface area (Å²) in [6.07, 6.45) is -3.41. The second-order valence-electron chi connectivity index (χ2n) is 5.80. The van der Waals surface area contributed by atoms with E-state index in [9.17, 15) is 18.0 Å². The Kier molecular flexibility index (Phi) is 4.64. The van der Waals surface area contributed by atoms with Gasteiger partial charge in [-0.25, -0.2) is 0 Å². The van der Waals surface area contributed by atoms with Gasteiger partial charge in [-0.1, -0.05) is 0 Å². The van der Waals surface area contributed by atoms with Crippen LogP contribution in [0.5, 0.6) is 0 Å². The van der Waals surface area contributed by atoms with Crippen LogP contribution in [0.3, 0.4) is 0 Å². The van der Waals surface area contributed by atoms with Gasteiger partial charge in [0.2, 0.25) is 5.91 Å². The maximum atomic E-state index is 12.5. The minimum atomic E-state index is -4.12. The largest absolute Gasteiger partial charge is 0.391 e. The average molecular weight is 266 g/mol. The van der Waals surface area contributed by atoms with E-state index in [0.29, 0.717) is 19.4 Å². The molecule has 1 fully saturated rings. The molecule has 18 heavy (non-hydrogen) atoms. The molecule has 1 aliphatic rings. The fourth-order valence-corrected chi connectivity index (χ4v) is 2.14. The van der Waals surface area contributed by atoms with Crippen LogP contribution in [0.25, 0.3) is 0 Å². The molecule has 0 heterocycles. The van der Waals surface area contributed by atoms with Gasteiger partial charge in [-0.3, -0.25) is 4.79 Å². The molecule has 0 atom stereocenters. The summed E-state index contributed by atoms with van der Waals surface area (Å²) in [5.41, 5.74) is 5.23. The van der Waals surface area contributed by atoms with Crippen molar-refractivity contribution in [3.63, 3.8) is 0 Å². The van der Waals surface area contributed by atoms with Crippen LogP contribution >= 0.6 is 0 Å². The minimum Gasteiger partial charge on any atom is -0.354 e. The van der Waals surface area contributed by atoms with Crippen molar-refractivity contribution >= 4 is 5.91 Å². The molecule has 1 saturated carbocycles. The first-order chi connectivity index (χ1) is 8.09. The SMILES string of the molecule is CC(C)(N)CNC(=O)C1CCC(C(F)(F)F)CC1. The predicted octanol–water partition coefficient (Wildman–Crippen LogP) is 2.21. The molecule has 1 rings (SSSR count). The van der Waals surface area contributed by atoms with Crippen molar-refractivity contribution in [3.8, 4) is 0 Å². The Labute approximate surface area is 105 Å². The van der Waals surface area contributed by atoms with Gasteiger partial charge in [0.05, 0.1) is 5.92 Å². The molecule has 0 aromatic rings. The number of nitrogens with one attached hydrogen (secondary N) is 1. The van der Waals surface area contributed by atoms with Gasteiger partial charge in [0, 0.05) is 18.0 Å². The summed E-state index contributed by atoms with van der Waals surface area (Å²) in [7, 11) is 0. The number of carbonyl (C=O) groups excluding carboxylic acids is 1. The molecule has 0 spiro atoms. The minimum absolute atomic E-state index is 0.0492. The number of hydrogen-bond donors (Lipinski definition) is 2. The molecule has 0 saturated heterocycles. The number of halogens is 3. The summed E-state index contributed by atoms with van der Waals surface area (Å²) >= 11 is 0. The zero-order chi connectivity index (χ0) is 14.0. The van der Waals surface area contributed by atoms with Crippen LogP contribution in [-0.4, -0.2) is 24.2 Å². The van der Waals surface area contributed by atoms with Crippen molar-refractivity contribution in [2.45, 2.75) is 51.2 Å². The number of rotatable bonds is 3. The van der Waals surface area contributed by atoms with E-state index in [1.54, 1.807) is 13.8 Å². The maximum absolute atomic E-state index is 12.5.